The first-order valence-corrected chi connectivity index (χ1v) is 18.8. The molecule has 0 amide bonds. The summed E-state index contributed by atoms with van der Waals surface area (Å²) in [6, 6.07) is 67.5. The lowest BCUT2D eigenvalue weighted by Gasteiger charge is -2.13. The highest BCUT2D eigenvalue weighted by Crippen LogP contribution is 2.39. The first kappa shape index (κ1) is 31.9. The predicted octanol–water partition coefficient (Wildman–Crippen LogP) is 14.3. The van der Waals surface area contributed by atoms with Crippen molar-refractivity contribution in [2.75, 3.05) is 0 Å². The fourth-order valence-electron chi connectivity index (χ4n) is 7.84. The van der Waals surface area contributed by atoms with Gasteiger partial charge in [-0.3, -0.25) is 0 Å². The molecule has 0 atom stereocenters. The van der Waals surface area contributed by atoms with Crippen LogP contribution in [0.5, 0.6) is 0 Å². The van der Waals surface area contributed by atoms with Crippen LogP contribution in [0, 0.1) is 0 Å². The Morgan fingerprint density at radius 3 is 1.43 bits per heavy atom. The molecule has 0 N–H and O–H groups in total. The molecule has 0 spiro atoms. The van der Waals surface area contributed by atoms with Crippen LogP contribution in [-0.2, 0) is 0 Å². The number of rotatable bonds is 6. The summed E-state index contributed by atoms with van der Waals surface area (Å²) in [5.41, 5.74) is 14.8. The average Bonchev–Trinajstić information content (AvgIpc) is 3.84. The SMILES string of the molecule is c1ccc(-c2ccc(-c3cc(-c4cc(-c5ccc6c(c5)oc5ccccc56)cc(-c5ccc6oc7ccccc7c6c5)c4)nc(-c4ccccc4)n3)cc2)cc1. The molecule has 4 heteroatoms. The third kappa shape index (κ3) is 5.64. The second-order valence-corrected chi connectivity index (χ2v) is 14.2. The summed E-state index contributed by atoms with van der Waals surface area (Å²) >= 11 is 0. The van der Waals surface area contributed by atoms with Gasteiger partial charge < -0.3 is 8.83 Å². The highest BCUT2D eigenvalue weighted by atomic mass is 16.3. The maximum absolute atomic E-state index is 6.36. The number of furan rings is 2. The average molecular weight is 717 g/mol. The number of hydrogen-bond acceptors (Lipinski definition) is 4. The second-order valence-electron chi connectivity index (χ2n) is 14.2. The van der Waals surface area contributed by atoms with Crippen molar-refractivity contribution < 1.29 is 8.83 Å². The minimum absolute atomic E-state index is 0.673. The number of aromatic nitrogens is 2. The van der Waals surface area contributed by atoms with Crippen LogP contribution >= 0.6 is 0 Å². The van der Waals surface area contributed by atoms with E-state index in [-0.39, 0.29) is 0 Å². The van der Waals surface area contributed by atoms with Crippen LogP contribution in [-0.4, -0.2) is 9.97 Å². The fraction of sp³-hybridized carbons (Fsp3) is 0. The van der Waals surface area contributed by atoms with Crippen LogP contribution in [0.2, 0.25) is 0 Å². The Hall–Kier alpha value is -7.56. The van der Waals surface area contributed by atoms with Crippen molar-refractivity contribution in [3.05, 3.63) is 194 Å². The minimum Gasteiger partial charge on any atom is -0.456 e. The van der Waals surface area contributed by atoms with Gasteiger partial charge in [-0.1, -0.05) is 133 Å². The van der Waals surface area contributed by atoms with E-state index >= 15 is 0 Å². The molecule has 0 aliphatic heterocycles. The Balaban J connectivity index is 1.11. The summed E-state index contributed by atoms with van der Waals surface area (Å²) in [6.07, 6.45) is 0. The number of hydrogen-bond donors (Lipinski definition) is 0. The van der Waals surface area contributed by atoms with E-state index in [2.05, 4.69) is 146 Å². The zero-order valence-corrected chi connectivity index (χ0v) is 30.2. The fourth-order valence-corrected chi connectivity index (χ4v) is 7.84. The highest BCUT2D eigenvalue weighted by molar-refractivity contribution is 6.07. The van der Waals surface area contributed by atoms with Crippen LogP contribution in [0.15, 0.2) is 203 Å². The standard InChI is InChI=1S/C52H32N2O2/c1-3-11-33(12-4-1)34-19-21-35(22-20-34)46-32-47(54-52(53-46)36-13-5-2-6-14-36)41-28-39(37-24-26-50-45(30-37)43-16-8-10-18-49(43)55-50)27-40(29-41)38-23-25-44-42-15-7-9-17-48(42)56-51(44)31-38/h1-32H. The lowest BCUT2D eigenvalue weighted by molar-refractivity contribution is 0.668. The van der Waals surface area contributed by atoms with Gasteiger partial charge in [0.1, 0.15) is 22.3 Å². The Morgan fingerprint density at radius 1 is 0.250 bits per heavy atom. The number of para-hydroxylation sites is 2. The molecule has 0 aliphatic rings. The molecule has 11 rings (SSSR count). The van der Waals surface area contributed by atoms with E-state index in [9.17, 15) is 0 Å². The highest BCUT2D eigenvalue weighted by Gasteiger charge is 2.16. The molecular formula is C52H32N2O2. The Kier molecular flexibility index (Phi) is 7.46. The van der Waals surface area contributed by atoms with Crippen molar-refractivity contribution in [3.63, 3.8) is 0 Å². The zero-order valence-electron chi connectivity index (χ0n) is 30.2. The van der Waals surface area contributed by atoms with Crippen LogP contribution in [0.4, 0.5) is 0 Å². The van der Waals surface area contributed by atoms with Gasteiger partial charge in [0.2, 0.25) is 0 Å². The number of fused-ring (bicyclic) bond motifs is 6. The maximum atomic E-state index is 6.36. The van der Waals surface area contributed by atoms with Gasteiger partial charge in [-0.25, -0.2) is 9.97 Å². The Morgan fingerprint density at radius 2 is 0.714 bits per heavy atom. The Bertz CT molecular complexity index is 3230. The molecule has 0 radical (unpaired) electrons. The van der Waals surface area contributed by atoms with E-state index < -0.39 is 0 Å². The van der Waals surface area contributed by atoms with Crippen LogP contribution in [0.3, 0.4) is 0 Å². The summed E-state index contributed by atoms with van der Waals surface area (Å²) in [6.45, 7) is 0. The topological polar surface area (TPSA) is 52.1 Å². The Labute approximate surface area is 323 Å². The quantitative estimate of drug-likeness (QED) is 0.172. The molecule has 0 unspecified atom stereocenters. The molecule has 4 nitrogen and oxygen atoms in total. The van der Waals surface area contributed by atoms with E-state index in [0.29, 0.717) is 5.82 Å². The van der Waals surface area contributed by atoms with Gasteiger partial charge in [0.25, 0.3) is 0 Å². The first-order valence-electron chi connectivity index (χ1n) is 18.8. The van der Waals surface area contributed by atoms with Crippen molar-refractivity contribution in [1.29, 1.82) is 0 Å². The minimum atomic E-state index is 0.673. The molecule has 0 bridgehead atoms. The van der Waals surface area contributed by atoms with Gasteiger partial charge in [-0.15, -0.1) is 0 Å². The van der Waals surface area contributed by atoms with E-state index in [4.69, 9.17) is 18.8 Å². The van der Waals surface area contributed by atoms with Gasteiger partial charge in [0.15, 0.2) is 5.82 Å². The van der Waals surface area contributed by atoms with Gasteiger partial charge in [0.05, 0.1) is 11.4 Å². The van der Waals surface area contributed by atoms with Crippen molar-refractivity contribution in [2.24, 2.45) is 0 Å². The smallest absolute Gasteiger partial charge is 0.160 e. The third-order valence-corrected chi connectivity index (χ3v) is 10.7. The van der Waals surface area contributed by atoms with Crippen molar-refractivity contribution >= 4 is 43.9 Å². The van der Waals surface area contributed by atoms with E-state index in [1.165, 1.54) is 5.56 Å². The molecule has 0 fully saturated rings. The van der Waals surface area contributed by atoms with Gasteiger partial charge >= 0.3 is 0 Å². The predicted molar refractivity (Wildman–Crippen MR) is 229 cm³/mol. The molecule has 0 saturated carbocycles. The van der Waals surface area contributed by atoms with Crippen LogP contribution in [0.1, 0.15) is 0 Å². The molecule has 56 heavy (non-hydrogen) atoms. The molecule has 3 aromatic heterocycles. The van der Waals surface area contributed by atoms with Crippen molar-refractivity contribution in [3.8, 4) is 67.3 Å². The zero-order chi connectivity index (χ0) is 37.0. The summed E-state index contributed by atoms with van der Waals surface area (Å²) in [5, 5.41) is 4.40. The normalized spacial score (nSPS) is 11.6. The van der Waals surface area contributed by atoms with Gasteiger partial charge in [0, 0.05) is 38.2 Å². The lowest BCUT2D eigenvalue weighted by Crippen LogP contribution is -1.96. The third-order valence-electron chi connectivity index (χ3n) is 10.7. The van der Waals surface area contributed by atoms with Gasteiger partial charge in [-0.05, 0) is 94.0 Å². The van der Waals surface area contributed by atoms with Crippen molar-refractivity contribution in [2.45, 2.75) is 0 Å². The van der Waals surface area contributed by atoms with Gasteiger partial charge in [-0.2, -0.15) is 0 Å². The molecule has 0 saturated heterocycles. The van der Waals surface area contributed by atoms with Crippen LogP contribution < -0.4 is 0 Å². The van der Waals surface area contributed by atoms with E-state index in [1.54, 1.807) is 0 Å². The number of benzene rings is 8. The molecule has 0 aliphatic carbocycles. The largest absolute Gasteiger partial charge is 0.456 e. The maximum Gasteiger partial charge on any atom is 0.160 e. The molecule has 262 valence electrons. The monoisotopic (exact) mass is 716 g/mol. The molecule has 3 heterocycles. The molecular weight excluding hydrogens is 685 g/mol. The summed E-state index contributed by atoms with van der Waals surface area (Å²) < 4.78 is 12.6. The second kappa shape index (κ2) is 13.1. The van der Waals surface area contributed by atoms with Crippen molar-refractivity contribution in [1.82, 2.24) is 9.97 Å². The van der Waals surface area contributed by atoms with E-state index in [0.717, 1.165) is 99.8 Å². The summed E-state index contributed by atoms with van der Waals surface area (Å²) in [5.74, 6) is 0.673. The molecule has 8 aromatic carbocycles. The van der Waals surface area contributed by atoms with Crippen LogP contribution in [0.25, 0.3) is 111 Å². The molecule has 11 aromatic rings. The first-order chi connectivity index (χ1) is 27.7. The van der Waals surface area contributed by atoms with E-state index in [1.807, 2.05) is 48.5 Å². The summed E-state index contributed by atoms with van der Waals surface area (Å²) in [7, 11) is 0. The number of nitrogens with zero attached hydrogens (tertiary/aromatic N) is 2. The lowest BCUT2D eigenvalue weighted by atomic mass is 9.93. The summed E-state index contributed by atoms with van der Waals surface area (Å²) in [4.78, 5) is 10.4.